The molecule has 1 aromatic rings. The molecule has 1 N–H and O–H groups in total. The molecule has 0 unspecified atom stereocenters. The van der Waals surface area contributed by atoms with Crippen molar-refractivity contribution in [2.24, 2.45) is 11.8 Å². The summed E-state index contributed by atoms with van der Waals surface area (Å²) < 4.78 is 26.7. The van der Waals surface area contributed by atoms with E-state index in [-0.39, 0.29) is 6.61 Å². The Bertz CT molecular complexity index is 658. The van der Waals surface area contributed by atoms with Gasteiger partial charge in [-0.25, -0.2) is 12.7 Å². The van der Waals surface area contributed by atoms with Gasteiger partial charge >= 0.3 is 0 Å². The summed E-state index contributed by atoms with van der Waals surface area (Å²) >= 11 is 5.85. The van der Waals surface area contributed by atoms with Gasteiger partial charge in [-0.15, -0.1) is 0 Å². The average molecular weight is 417 g/mol. The lowest BCUT2D eigenvalue weighted by atomic mass is 9.80. The second-order valence-corrected chi connectivity index (χ2v) is 10.1. The number of rotatable bonds is 10. The topological polar surface area (TPSA) is 60.9 Å². The Labute approximate surface area is 169 Å². The molecule has 0 radical (unpaired) electrons. The Morgan fingerprint density at radius 3 is 2.22 bits per heavy atom. The molecule has 5 nitrogen and oxygen atoms in total. The molecule has 1 aromatic carbocycles. The molecule has 154 valence electrons. The van der Waals surface area contributed by atoms with Gasteiger partial charge in [0.15, 0.2) is 0 Å². The Morgan fingerprint density at radius 1 is 1.07 bits per heavy atom. The molecule has 1 aliphatic carbocycles. The van der Waals surface area contributed by atoms with Gasteiger partial charge in [0.25, 0.3) is 0 Å². The number of halogens is 1. The van der Waals surface area contributed by atoms with Crippen molar-refractivity contribution >= 4 is 21.6 Å². The summed E-state index contributed by atoms with van der Waals surface area (Å²) in [5.41, 5.74) is 0. The smallest absolute Gasteiger partial charge is 0.242 e. The van der Waals surface area contributed by atoms with E-state index in [1.807, 2.05) is 0 Å². The van der Waals surface area contributed by atoms with Crippen molar-refractivity contribution in [1.29, 1.82) is 0 Å². The average Bonchev–Trinajstić information content (AvgIpc) is 2.67. The van der Waals surface area contributed by atoms with E-state index in [4.69, 9.17) is 16.7 Å². The summed E-state index contributed by atoms with van der Waals surface area (Å²) in [4.78, 5) is 2.61. The first-order chi connectivity index (χ1) is 12.9. The Kier molecular flexibility index (Phi) is 9.02. The minimum atomic E-state index is -3.45. The van der Waals surface area contributed by atoms with Crippen LogP contribution in [0, 0.1) is 11.8 Å². The number of aliphatic hydroxyl groups excluding tert-OH is 1. The van der Waals surface area contributed by atoms with Gasteiger partial charge in [-0.05, 0) is 61.9 Å². The molecule has 0 bridgehead atoms. The van der Waals surface area contributed by atoms with E-state index in [0.717, 1.165) is 38.9 Å². The van der Waals surface area contributed by atoms with E-state index in [2.05, 4.69) is 11.8 Å². The van der Waals surface area contributed by atoms with Crippen molar-refractivity contribution in [3.05, 3.63) is 29.3 Å². The molecule has 1 saturated carbocycles. The van der Waals surface area contributed by atoms with E-state index < -0.39 is 10.0 Å². The van der Waals surface area contributed by atoms with Crippen molar-refractivity contribution in [1.82, 2.24) is 9.21 Å². The highest BCUT2D eigenvalue weighted by Gasteiger charge is 2.25. The number of benzene rings is 1. The summed E-state index contributed by atoms with van der Waals surface area (Å²) in [5, 5.41) is 9.66. The van der Waals surface area contributed by atoms with Crippen LogP contribution in [0.1, 0.15) is 39.0 Å². The van der Waals surface area contributed by atoms with E-state index >= 15 is 0 Å². The number of hydrogen-bond donors (Lipinski definition) is 1. The highest BCUT2D eigenvalue weighted by Crippen LogP contribution is 2.31. The first-order valence-electron chi connectivity index (χ1n) is 9.92. The van der Waals surface area contributed by atoms with Gasteiger partial charge in [-0.3, -0.25) is 0 Å². The van der Waals surface area contributed by atoms with Crippen LogP contribution in [0.4, 0.5) is 0 Å². The standard InChI is InChI=1S/C20H33ClN2O3S/c1-3-23(14-15-24)16-18-6-4-17(5-7-18)12-13-22(2)27(25,26)20-10-8-19(21)9-11-20/h8-11,17-18,24H,3-7,12-16H2,1-2H3/t17-,18-. The molecule has 27 heavy (non-hydrogen) atoms. The van der Waals surface area contributed by atoms with Gasteiger partial charge < -0.3 is 10.0 Å². The zero-order valence-corrected chi connectivity index (χ0v) is 18.1. The zero-order valence-electron chi connectivity index (χ0n) is 16.5. The number of aliphatic hydroxyl groups is 1. The van der Waals surface area contributed by atoms with Crippen LogP contribution < -0.4 is 0 Å². The monoisotopic (exact) mass is 416 g/mol. The highest BCUT2D eigenvalue weighted by atomic mass is 35.5. The first-order valence-corrected chi connectivity index (χ1v) is 11.7. The SMILES string of the molecule is CCN(CCO)C[C@H]1CC[C@H](CCN(C)S(=O)(=O)c2ccc(Cl)cc2)CC1. The van der Waals surface area contributed by atoms with Crippen LogP contribution >= 0.6 is 11.6 Å². The highest BCUT2D eigenvalue weighted by molar-refractivity contribution is 7.89. The van der Waals surface area contributed by atoms with E-state index in [0.29, 0.717) is 28.3 Å². The second-order valence-electron chi connectivity index (χ2n) is 7.57. The van der Waals surface area contributed by atoms with Crippen LogP contribution in [-0.4, -0.2) is 62.6 Å². The molecule has 0 spiro atoms. The lowest BCUT2D eigenvalue weighted by Gasteiger charge is -2.32. The maximum Gasteiger partial charge on any atom is 0.242 e. The summed E-state index contributed by atoms with van der Waals surface area (Å²) in [7, 11) is -1.79. The predicted molar refractivity (Wildman–Crippen MR) is 111 cm³/mol. The van der Waals surface area contributed by atoms with Crippen molar-refractivity contribution in [2.75, 3.05) is 39.8 Å². The third-order valence-electron chi connectivity index (χ3n) is 5.72. The Morgan fingerprint density at radius 2 is 1.67 bits per heavy atom. The van der Waals surface area contributed by atoms with Gasteiger partial charge in [0, 0.05) is 31.7 Å². The number of nitrogens with zero attached hydrogens (tertiary/aromatic N) is 2. The number of hydrogen-bond acceptors (Lipinski definition) is 4. The van der Waals surface area contributed by atoms with E-state index in [1.165, 1.54) is 17.1 Å². The summed E-state index contributed by atoms with van der Waals surface area (Å²) in [6.45, 7) is 5.70. The molecule has 0 aliphatic heterocycles. The lowest BCUT2D eigenvalue weighted by Crippen LogP contribution is -2.34. The molecule has 7 heteroatoms. The maximum absolute atomic E-state index is 12.6. The van der Waals surface area contributed by atoms with Crippen molar-refractivity contribution < 1.29 is 13.5 Å². The normalized spacial score (nSPS) is 21.1. The van der Waals surface area contributed by atoms with Crippen molar-refractivity contribution in [3.63, 3.8) is 0 Å². The van der Waals surface area contributed by atoms with E-state index in [1.54, 1.807) is 31.3 Å². The molecule has 1 fully saturated rings. The largest absolute Gasteiger partial charge is 0.395 e. The van der Waals surface area contributed by atoms with Crippen molar-refractivity contribution in [3.8, 4) is 0 Å². The minimum absolute atomic E-state index is 0.220. The molecular weight excluding hydrogens is 384 g/mol. The van der Waals surface area contributed by atoms with Gasteiger partial charge in [-0.1, -0.05) is 31.4 Å². The summed E-state index contributed by atoms with van der Waals surface area (Å²) in [5.74, 6) is 1.29. The molecule has 0 atom stereocenters. The van der Waals surface area contributed by atoms with Gasteiger partial charge in [0.1, 0.15) is 0 Å². The summed E-state index contributed by atoms with van der Waals surface area (Å²) in [6.07, 6.45) is 5.62. The third kappa shape index (κ3) is 6.71. The molecular formula is C20H33ClN2O3S. The predicted octanol–water partition coefficient (Wildman–Crippen LogP) is 3.47. The van der Waals surface area contributed by atoms with E-state index in [9.17, 15) is 8.42 Å². The summed E-state index contributed by atoms with van der Waals surface area (Å²) in [6, 6.07) is 6.34. The van der Waals surface area contributed by atoms with Crippen LogP contribution in [-0.2, 0) is 10.0 Å². The Balaban J connectivity index is 1.78. The van der Waals surface area contributed by atoms with Crippen LogP contribution in [0.2, 0.25) is 5.02 Å². The van der Waals surface area contributed by atoms with Gasteiger partial charge in [-0.2, -0.15) is 0 Å². The second kappa shape index (κ2) is 10.8. The lowest BCUT2D eigenvalue weighted by molar-refractivity contribution is 0.152. The molecule has 0 saturated heterocycles. The molecule has 0 heterocycles. The zero-order chi connectivity index (χ0) is 19.9. The quantitative estimate of drug-likeness (QED) is 0.634. The van der Waals surface area contributed by atoms with Gasteiger partial charge in [0.05, 0.1) is 11.5 Å². The maximum atomic E-state index is 12.6. The first kappa shape index (κ1) is 22.6. The number of likely N-dealkylation sites (N-methyl/N-ethyl adjacent to an activating group) is 1. The van der Waals surface area contributed by atoms with Crippen LogP contribution in [0.3, 0.4) is 0 Å². The number of sulfonamides is 1. The fraction of sp³-hybridized carbons (Fsp3) is 0.700. The van der Waals surface area contributed by atoms with Crippen LogP contribution in [0.5, 0.6) is 0 Å². The van der Waals surface area contributed by atoms with Crippen LogP contribution in [0.15, 0.2) is 29.2 Å². The van der Waals surface area contributed by atoms with Gasteiger partial charge in [0.2, 0.25) is 10.0 Å². The third-order valence-corrected chi connectivity index (χ3v) is 7.84. The van der Waals surface area contributed by atoms with Crippen molar-refractivity contribution in [2.45, 2.75) is 43.9 Å². The molecule has 1 aliphatic rings. The minimum Gasteiger partial charge on any atom is -0.395 e. The van der Waals surface area contributed by atoms with Crippen LogP contribution in [0.25, 0.3) is 0 Å². The Hall–Kier alpha value is -0.660. The molecule has 2 rings (SSSR count). The fourth-order valence-electron chi connectivity index (χ4n) is 3.86. The fourth-order valence-corrected chi connectivity index (χ4v) is 5.17. The molecule has 0 aromatic heterocycles. The molecule has 0 amide bonds.